The molecule has 1 saturated carbocycles. The van der Waals surface area contributed by atoms with E-state index < -0.39 is 0 Å². The van der Waals surface area contributed by atoms with Crippen molar-refractivity contribution in [2.24, 2.45) is 0 Å². The predicted molar refractivity (Wildman–Crippen MR) is 163 cm³/mol. The fourth-order valence-corrected chi connectivity index (χ4v) is 5.92. The summed E-state index contributed by atoms with van der Waals surface area (Å²) in [5.74, 6) is 1.22. The number of hydrogen-bond acceptors (Lipinski definition) is 6. The van der Waals surface area contributed by atoms with Crippen molar-refractivity contribution in [3.8, 4) is 0 Å². The minimum atomic E-state index is -0.325. The van der Waals surface area contributed by atoms with Gasteiger partial charge in [-0.1, -0.05) is 18.2 Å². The Labute approximate surface area is 246 Å². The maximum absolute atomic E-state index is 13.3. The van der Waals surface area contributed by atoms with Gasteiger partial charge in [0.05, 0.1) is 11.4 Å². The molecule has 0 radical (unpaired) electrons. The summed E-state index contributed by atoms with van der Waals surface area (Å²) in [6.45, 7) is 7.33. The summed E-state index contributed by atoms with van der Waals surface area (Å²) in [5.41, 5.74) is 4.44. The molecule has 2 aromatic carbocycles. The molecule has 3 heterocycles. The third-order valence-corrected chi connectivity index (χ3v) is 8.48. The summed E-state index contributed by atoms with van der Waals surface area (Å²) in [7, 11) is 0. The van der Waals surface area contributed by atoms with Gasteiger partial charge >= 0.3 is 0 Å². The Bertz CT molecular complexity index is 1450. The minimum absolute atomic E-state index is 0.192. The van der Waals surface area contributed by atoms with Crippen molar-refractivity contribution in [1.82, 2.24) is 10.2 Å². The fourth-order valence-electron chi connectivity index (χ4n) is 5.92. The molecule has 0 bridgehead atoms. The highest BCUT2D eigenvalue weighted by molar-refractivity contribution is 6.05. The molecular weight excluding hydrogens is 530 g/mol. The van der Waals surface area contributed by atoms with Gasteiger partial charge in [0.25, 0.3) is 11.8 Å². The molecule has 2 aliphatic heterocycles. The summed E-state index contributed by atoms with van der Waals surface area (Å²) in [6, 6.07) is 17.5. The van der Waals surface area contributed by atoms with Crippen LogP contribution < -0.4 is 20.4 Å². The number of nitrogens with one attached hydrogen (secondary N) is 2. The second-order valence-corrected chi connectivity index (χ2v) is 11.5. The number of benzene rings is 2. The van der Waals surface area contributed by atoms with Crippen molar-refractivity contribution in [3.63, 3.8) is 0 Å². The predicted octanol–water partition coefficient (Wildman–Crippen LogP) is 4.79. The van der Waals surface area contributed by atoms with Gasteiger partial charge in [-0.3, -0.25) is 14.4 Å². The number of furan rings is 1. The largest absolute Gasteiger partial charge is 0.456 e. The first-order valence-electron chi connectivity index (χ1n) is 15.1. The number of para-hydroxylation sites is 1. The molecular formula is C33H39N5O4. The monoisotopic (exact) mass is 569 g/mol. The molecule has 0 spiro atoms. The van der Waals surface area contributed by atoms with Crippen molar-refractivity contribution in [2.45, 2.75) is 44.9 Å². The Kier molecular flexibility index (Phi) is 8.17. The molecule has 220 valence electrons. The summed E-state index contributed by atoms with van der Waals surface area (Å²) >= 11 is 0. The van der Waals surface area contributed by atoms with Crippen LogP contribution in [0, 0.1) is 6.92 Å². The van der Waals surface area contributed by atoms with Crippen LogP contribution in [0.4, 0.5) is 17.1 Å². The third-order valence-electron chi connectivity index (χ3n) is 8.48. The maximum Gasteiger partial charge on any atom is 0.291 e. The lowest BCUT2D eigenvalue weighted by molar-refractivity contribution is -0.127. The molecule has 1 aliphatic carbocycles. The maximum atomic E-state index is 13.3. The van der Waals surface area contributed by atoms with E-state index in [1.807, 2.05) is 23.1 Å². The van der Waals surface area contributed by atoms with Gasteiger partial charge in [-0.2, -0.15) is 0 Å². The molecule has 0 unspecified atom stereocenters. The number of aryl methyl sites for hydroxylation is 1. The fraction of sp³-hybridized carbons (Fsp3) is 0.424. The van der Waals surface area contributed by atoms with Gasteiger partial charge in [-0.25, -0.2) is 0 Å². The van der Waals surface area contributed by atoms with Crippen molar-refractivity contribution in [2.75, 3.05) is 60.9 Å². The number of carbonyl (C=O) groups excluding carboxylic acids is 3. The first kappa shape index (κ1) is 27.9. The van der Waals surface area contributed by atoms with Gasteiger partial charge in [-0.15, -0.1) is 0 Å². The van der Waals surface area contributed by atoms with E-state index in [0.29, 0.717) is 43.1 Å². The highest BCUT2D eigenvalue weighted by Gasteiger charge is 2.28. The Balaban J connectivity index is 1.15. The minimum Gasteiger partial charge on any atom is -0.456 e. The van der Waals surface area contributed by atoms with Crippen LogP contribution in [0.1, 0.15) is 70.3 Å². The van der Waals surface area contributed by atoms with E-state index in [1.165, 1.54) is 11.3 Å². The molecule has 6 rings (SSSR count). The van der Waals surface area contributed by atoms with Gasteiger partial charge in [0.2, 0.25) is 5.91 Å². The number of amides is 3. The number of anilines is 3. The molecule has 9 heteroatoms. The van der Waals surface area contributed by atoms with Crippen molar-refractivity contribution < 1.29 is 18.8 Å². The molecule has 3 aromatic rings. The van der Waals surface area contributed by atoms with Crippen LogP contribution in [0.15, 0.2) is 59.0 Å². The molecule has 3 amide bonds. The average Bonchev–Trinajstić information content (AvgIpc) is 3.59. The third kappa shape index (κ3) is 6.30. The highest BCUT2D eigenvalue weighted by atomic mass is 16.4. The van der Waals surface area contributed by atoms with Crippen molar-refractivity contribution >= 4 is 34.8 Å². The van der Waals surface area contributed by atoms with Crippen LogP contribution in [0.5, 0.6) is 0 Å². The van der Waals surface area contributed by atoms with Crippen molar-refractivity contribution in [1.29, 1.82) is 0 Å². The first-order chi connectivity index (χ1) is 20.5. The summed E-state index contributed by atoms with van der Waals surface area (Å²) in [6.07, 6.45) is 4.42. The summed E-state index contributed by atoms with van der Waals surface area (Å²) < 4.78 is 5.85. The zero-order valence-corrected chi connectivity index (χ0v) is 24.2. The topological polar surface area (TPSA) is 98.1 Å². The Hall–Kier alpha value is -4.27. The molecule has 3 fully saturated rings. The first-order valence-corrected chi connectivity index (χ1v) is 15.1. The van der Waals surface area contributed by atoms with E-state index in [9.17, 15) is 14.4 Å². The summed E-state index contributed by atoms with van der Waals surface area (Å²) in [4.78, 5) is 44.7. The van der Waals surface area contributed by atoms with Crippen LogP contribution in [0.25, 0.3) is 0 Å². The SMILES string of the molecule is Cc1ccccc1N1CCN(c2ccc(C(=O)NCCCN3CCCC3=O)cc2NC(=O)c2ccc(C3CC3)o2)CC1. The Morgan fingerprint density at radius 3 is 2.38 bits per heavy atom. The lowest BCUT2D eigenvalue weighted by Crippen LogP contribution is -2.47. The Morgan fingerprint density at radius 1 is 0.905 bits per heavy atom. The Morgan fingerprint density at radius 2 is 1.67 bits per heavy atom. The van der Waals surface area contributed by atoms with E-state index in [-0.39, 0.29) is 23.5 Å². The van der Waals surface area contributed by atoms with Crippen LogP contribution in [0.3, 0.4) is 0 Å². The van der Waals surface area contributed by atoms with Crippen LogP contribution in [-0.4, -0.2) is 68.4 Å². The van der Waals surface area contributed by atoms with E-state index >= 15 is 0 Å². The van der Waals surface area contributed by atoms with Crippen LogP contribution in [0.2, 0.25) is 0 Å². The molecule has 1 aromatic heterocycles. The number of nitrogens with zero attached hydrogens (tertiary/aromatic N) is 3. The molecule has 3 aliphatic rings. The number of piperazine rings is 1. The van der Waals surface area contributed by atoms with Gasteiger partial charge in [0.1, 0.15) is 5.76 Å². The normalized spacial score (nSPS) is 17.1. The second kappa shape index (κ2) is 12.3. The second-order valence-electron chi connectivity index (χ2n) is 11.5. The molecule has 0 atom stereocenters. The van der Waals surface area contributed by atoms with Gasteiger partial charge in [0.15, 0.2) is 5.76 Å². The van der Waals surface area contributed by atoms with Gasteiger partial charge in [0, 0.05) is 69.4 Å². The number of rotatable bonds is 10. The van der Waals surface area contributed by atoms with Crippen LogP contribution >= 0.6 is 0 Å². The summed E-state index contributed by atoms with van der Waals surface area (Å²) in [5, 5.41) is 6.01. The molecule has 42 heavy (non-hydrogen) atoms. The average molecular weight is 570 g/mol. The highest BCUT2D eigenvalue weighted by Crippen LogP contribution is 2.41. The van der Waals surface area contributed by atoms with Gasteiger partial charge < -0.3 is 29.8 Å². The molecule has 2 N–H and O–H groups in total. The molecule has 2 saturated heterocycles. The van der Waals surface area contributed by atoms with E-state index in [0.717, 1.165) is 63.4 Å². The van der Waals surface area contributed by atoms with E-state index in [2.05, 4.69) is 51.6 Å². The molecule has 9 nitrogen and oxygen atoms in total. The lowest BCUT2D eigenvalue weighted by Gasteiger charge is -2.38. The van der Waals surface area contributed by atoms with Crippen LogP contribution in [-0.2, 0) is 4.79 Å². The van der Waals surface area contributed by atoms with E-state index in [4.69, 9.17) is 4.42 Å². The lowest BCUT2D eigenvalue weighted by atomic mass is 10.1. The zero-order valence-electron chi connectivity index (χ0n) is 24.2. The van der Waals surface area contributed by atoms with E-state index in [1.54, 1.807) is 12.1 Å². The zero-order chi connectivity index (χ0) is 29.1. The number of hydrogen-bond donors (Lipinski definition) is 2. The van der Waals surface area contributed by atoms with Gasteiger partial charge in [-0.05, 0) is 74.6 Å². The smallest absolute Gasteiger partial charge is 0.291 e. The number of likely N-dealkylation sites (tertiary alicyclic amines) is 1. The standard InChI is InChI=1S/C33H39N5O4/c1-23-6-2-3-7-27(23)36-18-20-37(21-19-36)28-12-11-25(32(40)34-15-5-17-38-16-4-8-31(38)39)22-26(28)35-33(41)30-14-13-29(42-30)24-9-10-24/h2-3,6-7,11-14,22,24H,4-5,8-10,15-21H2,1H3,(H,34,40)(H,35,41). The van der Waals surface area contributed by atoms with Crippen molar-refractivity contribution in [3.05, 3.63) is 77.2 Å². The number of carbonyl (C=O) groups is 3. The quantitative estimate of drug-likeness (QED) is 0.341.